The second-order valence-electron chi connectivity index (χ2n) is 7.34. The fraction of sp³-hybridized carbons (Fsp3) is 0.381. The molecule has 0 unspecified atom stereocenters. The quantitative estimate of drug-likeness (QED) is 0.752. The van der Waals surface area contributed by atoms with Crippen LogP contribution in [0.3, 0.4) is 0 Å². The first-order valence-electron chi connectivity index (χ1n) is 8.96. The smallest absolute Gasteiger partial charge is 0.253 e. The second kappa shape index (κ2) is 7.58. The number of rotatable bonds is 5. The number of nitrogens with one attached hydrogen (secondary N) is 1. The van der Waals surface area contributed by atoms with Crippen LogP contribution in [0.1, 0.15) is 43.6 Å². The van der Waals surface area contributed by atoms with E-state index >= 15 is 0 Å². The number of phenolic OH excluding ortho intramolecular Hbond substituents is 1. The van der Waals surface area contributed by atoms with Crippen molar-refractivity contribution < 1.29 is 24.5 Å². The van der Waals surface area contributed by atoms with Gasteiger partial charge in [0.2, 0.25) is 5.79 Å². The number of aliphatic hydroxyl groups excluding tert-OH is 1. The fourth-order valence-electron chi connectivity index (χ4n) is 3.04. The Bertz CT molecular complexity index is 816. The van der Waals surface area contributed by atoms with E-state index in [9.17, 15) is 15.0 Å². The van der Waals surface area contributed by atoms with Crippen molar-refractivity contribution in [3.8, 4) is 11.5 Å². The van der Waals surface area contributed by atoms with E-state index in [0.29, 0.717) is 24.3 Å². The maximum absolute atomic E-state index is 12.4. The summed E-state index contributed by atoms with van der Waals surface area (Å²) in [5, 5.41) is 22.6. The van der Waals surface area contributed by atoms with Crippen LogP contribution >= 0.6 is 0 Å². The van der Waals surface area contributed by atoms with Crippen LogP contribution < -0.4 is 10.1 Å². The lowest BCUT2D eigenvalue weighted by Gasteiger charge is -2.32. The molecular formula is C21H25NO5. The molecule has 0 saturated heterocycles. The lowest BCUT2D eigenvalue weighted by Crippen LogP contribution is -2.38. The van der Waals surface area contributed by atoms with Gasteiger partial charge < -0.3 is 25.0 Å². The van der Waals surface area contributed by atoms with Gasteiger partial charge >= 0.3 is 0 Å². The zero-order chi connectivity index (χ0) is 19.6. The first-order valence-corrected chi connectivity index (χ1v) is 8.96. The molecule has 2 atom stereocenters. The minimum atomic E-state index is -1.27. The van der Waals surface area contributed by atoms with E-state index < -0.39 is 17.8 Å². The van der Waals surface area contributed by atoms with Crippen molar-refractivity contribution in [3.63, 3.8) is 0 Å². The van der Waals surface area contributed by atoms with Crippen molar-refractivity contribution in [2.24, 2.45) is 0 Å². The molecule has 6 heteroatoms. The molecule has 0 saturated carbocycles. The number of ether oxygens (including phenoxy) is 2. The molecule has 6 nitrogen and oxygen atoms in total. The number of carbonyl (C=O) groups excluding carboxylic acids is 1. The summed E-state index contributed by atoms with van der Waals surface area (Å²) in [6.07, 6.45) is -0.674. The Morgan fingerprint density at radius 2 is 1.93 bits per heavy atom. The molecule has 2 aromatic carbocycles. The highest BCUT2D eigenvalue weighted by Crippen LogP contribution is 2.33. The van der Waals surface area contributed by atoms with E-state index in [1.165, 1.54) is 0 Å². The van der Waals surface area contributed by atoms with Gasteiger partial charge in [-0.1, -0.05) is 18.2 Å². The van der Waals surface area contributed by atoms with Crippen molar-refractivity contribution in [2.45, 2.75) is 51.7 Å². The number of carbonyl (C=O) groups is 1. The predicted molar refractivity (Wildman–Crippen MR) is 100 cm³/mol. The number of aliphatic hydroxyl groups is 1. The van der Waals surface area contributed by atoms with Gasteiger partial charge in [-0.2, -0.15) is 0 Å². The summed E-state index contributed by atoms with van der Waals surface area (Å²) in [7, 11) is 0. The summed E-state index contributed by atoms with van der Waals surface area (Å²) >= 11 is 0. The van der Waals surface area contributed by atoms with Crippen LogP contribution in [0.5, 0.6) is 11.5 Å². The zero-order valence-corrected chi connectivity index (χ0v) is 15.7. The molecule has 0 spiro atoms. The first-order chi connectivity index (χ1) is 12.7. The lowest BCUT2D eigenvalue weighted by molar-refractivity contribution is -0.180. The maximum atomic E-state index is 12.4. The number of aromatic hydroxyl groups is 1. The van der Waals surface area contributed by atoms with Gasteiger partial charge in [0.05, 0.1) is 6.61 Å². The SMILES string of the molecule is C[C@@H](Cc1ccc(O)cc1)NC(=O)[C@H](O)c1ccc2c(c1)COC(C)(C)O2. The average molecular weight is 371 g/mol. The topological polar surface area (TPSA) is 88.0 Å². The van der Waals surface area contributed by atoms with E-state index in [4.69, 9.17) is 9.47 Å². The molecule has 0 aromatic heterocycles. The Labute approximate surface area is 158 Å². The van der Waals surface area contributed by atoms with E-state index in [1.807, 2.05) is 20.8 Å². The summed E-state index contributed by atoms with van der Waals surface area (Å²) in [6.45, 7) is 5.90. The molecule has 1 amide bonds. The van der Waals surface area contributed by atoms with Crippen molar-refractivity contribution in [3.05, 3.63) is 59.2 Å². The number of hydrogen-bond donors (Lipinski definition) is 3. The van der Waals surface area contributed by atoms with E-state index in [0.717, 1.165) is 11.1 Å². The van der Waals surface area contributed by atoms with Crippen LogP contribution in [0.2, 0.25) is 0 Å². The highest BCUT2D eigenvalue weighted by Gasteiger charge is 2.28. The molecule has 3 N–H and O–H groups in total. The van der Waals surface area contributed by atoms with Gasteiger partial charge in [0, 0.05) is 25.5 Å². The molecular weight excluding hydrogens is 346 g/mol. The van der Waals surface area contributed by atoms with Crippen LogP contribution in [0.25, 0.3) is 0 Å². The van der Waals surface area contributed by atoms with E-state index in [1.54, 1.807) is 42.5 Å². The Hall–Kier alpha value is -2.57. The fourth-order valence-corrected chi connectivity index (χ4v) is 3.04. The summed E-state index contributed by atoms with van der Waals surface area (Å²) in [5.41, 5.74) is 2.28. The predicted octanol–water partition coefficient (Wildman–Crippen LogP) is 2.82. The van der Waals surface area contributed by atoms with Gasteiger partial charge in [0.1, 0.15) is 11.5 Å². The summed E-state index contributed by atoms with van der Waals surface area (Å²) in [4.78, 5) is 12.4. The number of fused-ring (bicyclic) bond motifs is 1. The molecule has 0 fully saturated rings. The third kappa shape index (κ3) is 4.78. The normalized spacial score (nSPS) is 17.3. The Morgan fingerprint density at radius 3 is 2.63 bits per heavy atom. The van der Waals surface area contributed by atoms with Gasteiger partial charge in [0.15, 0.2) is 6.10 Å². The molecule has 27 heavy (non-hydrogen) atoms. The first kappa shape index (κ1) is 19.2. The zero-order valence-electron chi connectivity index (χ0n) is 15.7. The van der Waals surface area contributed by atoms with Crippen LogP contribution in [-0.4, -0.2) is 27.9 Å². The van der Waals surface area contributed by atoms with E-state index in [-0.39, 0.29) is 11.8 Å². The highest BCUT2D eigenvalue weighted by molar-refractivity contribution is 5.82. The number of hydrogen-bond acceptors (Lipinski definition) is 5. The van der Waals surface area contributed by atoms with Crippen molar-refractivity contribution in [1.82, 2.24) is 5.32 Å². The van der Waals surface area contributed by atoms with Gasteiger partial charge in [-0.05, 0) is 48.7 Å². The molecule has 1 heterocycles. The Morgan fingerprint density at radius 1 is 1.22 bits per heavy atom. The van der Waals surface area contributed by atoms with Crippen LogP contribution in [0.15, 0.2) is 42.5 Å². The minimum Gasteiger partial charge on any atom is -0.508 e. The van der Waals surface area contributed by atoms with Crippen LogP contribution in [0.4, 0.5) is 0 Å². The number of phenols is 1. The van der Waals surface area contributed by atoms with Crippen LogP contribution in [-0.2, 0) is 22.6 Å². The molecule has 2 aromatic rings. The molecule has 3 rings (SSSR count). The third-order valence-electron chi connectivity index (χ3n) is 4.45. The number of amides is 1. The third-order valence-corrected chi connectivity index (χ3v) is 4.45. The van der Waals surface area contributed by atoms with Crippen molar-refractivity contribution >= 4 is 5.91 Å². The van der Waals surface area contributed by atoms with Gasteiger partial charge in [-0.25, -0.2) is 0 Å². The van der Waals surface area contributed by atoms with Crippen molar-refractivity contribution in [2.75, 3.05) is 0 Å². The van der Waals surface area contributed by atoms with Gasteiger partial charge in [-0.15, -0.1) is 0 Å². The van der Waals surface area contributed by atoms with Gasteiger partial charge in [0.25, 0.3) is 5.91 Å². The Balaban J connectivity index is 1.62. The second-order valence-corrected chi connectivity index (χ2v) is 7.34. The summed E-state index contributed by atoms with van der Waals surface area (Å²) in [5.74, 6) is -0.245. The molecule has 0 aliphatic carbocycles. The Kier molecular flexibility index (Phi) is 5.39. The largest absolute Gasteiger partial charge is 0.508 e. The maximum Gasteiger partial charge on any atom is 0.253 e. The summed E-state index contributed by atoms with van der Waals surface area (Å²) < 4.78 is 11.3. The monoisotopic (exact) mass is 371 g/mol. The summed E-state index contributed by atoms with van der Waals surface area (Å²) in [6, 6.07) is 11.8. The van der Waals surface area contributed by atoms with Gasteiger partial charge in [-0.3, -0.25) is 4.79 Å². The number of benzene rings is 2. The minimum absolute atomic E-state index is 0.165. The molecule has 1 aliphatic rings. The molecule has 0 radical (unpaired) electrons. The average Bonchev–Trinajstić information content (AvgIpc) is 2.61. The standard InChI is InChI=1S/C21H25NO5/c1-13(10-14-4-7-17(23)8-5-14)22-20(25)19(24)15-6-9-18-16(11-15)12-26-21(2,3)27-18/h4-9,11,13,19,23-24H,10,12H2,1-3H3,(H,22,25)/t13-,19+/m0/s1. The van der Waals surface area contributed by atoms with E-state index in [2.05, 4.69) is 5.32 Å². The van der Waals surface area contributed by atoms with Crippen LogP contribution in [0, 0.1) is 0 Å². The molecule has 144 valence electrons. The van der Waals surface area contributed by atoms with Crippen molar-refractivity contribution in [1.29, 1.82) is 0 Å². The lowest BCUT2D eigenvalue weighted by atomic mass is 10.0. The molecule has 1 aliphatic heterocycles. The highest BCUT2D eigenvalue weighted by atomic mass is 16.7. The molecule has 0 bridgehead atoms.